The van der Waals surface area contributed by atoms with E-state index in [1.54, 1.807) is 0 Å². The van der Waals surface area contributed by atoms with E-state index >= 15 is 0 Å². The predicted molar refractivity (Wildman–Crippen MR) is 80.7 cm³/mol. The SMILES string of the molecule is O=c1[nH]c2ccccc2cc1CNCC1(C2CC2)CC1. The first-order valence-corrected chi connectivity index (χ1v) is 7.59. The highest BCUT2D eigenvalue weighted by Crippen LogP contribution is 2.60. The molecular weight excluding hydrogens is 248 g/mol. The van der Waals surface area contributed by atoms with Gasteiger partial charge in [-0.05, 0) is 54.5 Å². The van der Waals surface area contributed by atoms with Gasteiger partial charge in [-0.25, -0.2) is 0 Å². The first kappa shape index (κ1) is 12.2. The fourth-order valence-electron chi connectivity index (χ4n) is 3.36. The van der Waals surface area contributed by atoms with E-state index in [9.17, 15) is 4.79 Å². The van der Waals surface area contributed by atoms with Gasteiger partial charge in [-0.15, -0.1) is 0 Å². The van der Waals surface area contributed by atoms with Gasteiger partial charge in [0, 0.05) is 24.2 Å². The second-order valence-electron chi connectivity index (χ2n) is 6.45. The van der Waals surface area contributed by atoms with Crippen LogP contribution in [0.2, 0.25) is 0 Å². The van der Waals surface area contributed by atoms with Crippen LogP contribution in [-0.4, -0.2) is 11.5 Å². The number of fused-ring (bicyclic) bond motifs is 1. The van der Waals surface area contributed by atoms with Gasteiger partial charge >= 0.3 is 0 Å². The van der Waals surface area contributed by atoms with Crippen molar-refractivity contribution in [2.24, 2.45) is 11.3 Å². The normalized spacial score (nSPS) is 20.2. The van der Waals surface area contributed by atoms with Crippen molar-refractivity contribution in [2.45, 2.75) is 32.2 Å². The maximum absolute atomic E-state index is 12.1. The second kappa shape index (κ2) is 4.45. The van der Waals surface area contributed by atoms with Crippen LogP contribution in [0, 0.1) is 11.3 Å². The molecule has 2 aromatic rings. The van der Waals surface area contributed by atoms with E-state index in [1.807, 2.05) is 30.3 Å². The van der Waals surface area contributed by atoms with Gasteiger partial charge in [0.2, 0.25) is 0 Å². The topological polar surface area (TPSA) is 44.9 Å². The Morgan fingerprint density at radius 2 is 2.05 bits per heavy atom. The van der Waals surface area contributed by atoms with Gasteiger partial charge in [0.05, 0.1) is 0 Å². The van der Waals surface area contributed by atoms with Crippen molar-refractivity contribution in [1.29, 1.82) is 0 Å². The largest absolute Gasteiger partial charge is 0.322 e. The van der Waals surface area contributed by atoms with Crippen molar-refractivity contribution in [3.63, 3.8) is 0 Å². The van der Waals surface area contributed by atoms with Gasteiger partial charge in [0.25, 0.3) is 5.56 Å². The van der Waals surface area contributed by atoms with Crippen LogP contribution in [0.5, 0.6) is 0 Å². The summed E-state index contributed by atoms with van der Waals surface area (Å²) in [5.74, 6) is 0.963. The van der Waals surface area contributed by atoms with Gasteiger partial charge in [0.15, 0.2) is 0 Å². The molecule has 1 heterocycles. The Kier molecular flexibility index (Phi) is 2.71. The fourth-order valence-corrected chi connectivity index (χ4v) is 3.36. The Hall–Kier alpha value is -1.61. The van der Waals surface area contributed by atoms with Crippen LogP contribution >= 0.6 is 0 Å². The van der Waals surface area contributed by atoms with E-state index in [-0.39, 0.29) is 5.56 Å². The monoisotopic (exact) mass is 268 g/mol. The zero-order chi connectivity index (χ0) is 13.6. The van der Waals surface area contributed by atoms with Crippen LogP contribution in [0.3, 0.4) is 0 Å². The standard InChI is InChI=1S/C17H20N2O/c20-16-13(9-12-3-1-2-4-15(12)19-16)10-18-11-17(7-8-17)14-5-6-14/h1-4,9,14,18H,5-8,10-11H2,(H,19,20). The molecule has 2 aliphatic carbocycles. The number of benzene rings is 1. The predicted octanol–water partition coefficient (Wildman–Crippen LogP) is 2.81. The van der Waals surface area contributed by atoms with E-state index in [0.717, 1.165) is 28.9 Å². The molecule has 0 saturated heterocycles. The molecule has 2 aliphatic rings. The maximum atomic E-state index is 12.1. The number of para-hydroxylation sites is 1. The molecule has 0 amide bonds. The average molecular weight is 268 g/mol. The van der Waals surface area contributed by atoms with Gasteiger partial charge in [0.1, 0.15) is 0 Å². The number of hydrogen-bond acceptors (Lipinski definition) is 2. The molecule has 0 aliphatic heterocycles. The van der Waals surface area contributed by atoms with Crippen molar-refractivity contribution < 1.29 is 0 Å². The molecule has 0 atom stereocenters. The first-order valence-electron chi connectivity index (χ1n) is 7.59. The summed E-state index contributed by atoms with van der Waals surface area (Å²) in [7, 11) is 0. The van der Waals surface area contributed by atoms with Crippen molar-refractivity contribution in [1.82, 2.24) is 10.3 Å². The van der Waals surface area contributed by atoms with Gasteiger partial charge < -0.3 is 10.3 Å². The van der Waals surface area contributed by atoms with Crippen LogP contribution in [0.15, 0.2) is 35.1 Å². The Balaban J connectivity index is 1.48. The van der Waals surface area contributed by atoms with Crippen molar-refractivity contribution in [3.8, 4) is 0 Å². The minimum Gasteiger partial charge on any atom is -0.322 e. The molecule has 1 aromatic carbocycles. The lowest BCUT2D eigenvalue weighted by molar-refractivity contribution is 0.403. The summed E-state index contributed by atoms with van der Waals surface area (Å²) in [4.78, 5) is 15.0. The highest BCUT2D eigenvalue weighted by Gasteiger charge is 2.53. The number of H-pyrrole nitrogens is 1. The third-order valence-corrected chi connectivity index (χ3v) is 4.96. The highest BCUT2D eigenvalue weighted by molar-refractivity contribution is 5.78. The third kappa shape index (κ3) is 2.16. The summed E-state index contributed by atoms with van der Waals surface area (Å²) in [5.41, 5.74) is 2.38. The molecule has 2 saturated carbocycles. The number of pyridine rings is 1. The number of nitrogens with one attached hydrogen (secondary N) is 2. The van der Waals surface area contributed by atoms with E-state index in [4.69, 9.17) is 0 Å². The summed E-state index contributed by atoms with van der Waals surface area (Å²) in [6, 6.07) is 9.95. The van der Waals surface area contributed by atoms with E-state index in [2.05, 4.69) is 10.3 Å². The molecule has 4 rings (SSSR count). The zero-order valence-corrected chi connectivity index (χ0v) is 11.6. The quantitative estimate of drug-likeness (QED) is 0.876. The van der Waals surface area contributed by atoms with Crippen molar-refractivity contribution >= 4 is 10.9 Å². The third-order valence-electron chi connectivity index (χ3n) is 4.96. The smallest absolute Gasteiger partial charge is 0.252 e. The second-order valence-corrected chi connectivity index (χ2v) is 6.45. The summed E-state index contributed by atoms with van der Waals surface area (Å²) in [6.45, 7) is 1.75. The van der Waals surface area contributed by atoms with E-state index < -0.39 is 0 Å². The van der Waals surface area contributed by atoms with Crippen molar-refractivity contribution in [2.75, 3.05) is 6.54 Å². The van der Waals surface area contributed by atoms with Crippen LogP contribution in [-0.2, 0) is 6.54 Å². The molecule has 3 heteroatoms. The Bertz CT molecular complexity index is 695. The summed E-state index contributed by atoms with van der Waals surface area (Å²) in [6.07, 6.45) is 5.58. The Labute approximate surface area is 118 Å². The Morgan fingerprint density at radius 3 is 2.80 bits per heavy atom. The number of aromatic nitrogens is 1. The molecule has 1 aromatic heterocycles. The molecule has 2 fully saturated rings. The van der Waals surface area contributed by atoms with E-state index in [0.29, 0.717) is 12.0 Å². The molecular formula is C17H20N2O. The molecule has 0 spiro atoms. The van der Waals surface area contributed by atoms with Crippen LogP contribution < -0.4 is 10.9 Å². The molecule has 3 nitrogen and oxygen atoms in total. The maximum Gasteiger partial charge on any atom is 0.252 e. The molecule has 0 radical (unpaired) electrons. The van der Waals surface area contributed by atoms with Crippen LogP contribution in [0.1, 0.15) is 31.2 Å². The average Bonchev–Trinajstić information content (AvgIpc) is 3.32. The van der Waals surface area contributed by atoms with Crippen LogP contribution in [0.4, 0.5) is 0 Å². The highest BCUT2D eigenvalue weighted by atomic mass is 16.1. The molecule has 20 heavy (non-hydrogen) atoms. The van der Waals surface area contributed by atoms with E-state index in [1.165, 1.54) is 25.7 Å². The number of hydrogen-bond donors (Lipinski definition) is 2. The lowest BCUT2D eigenvalue weighted by Crippen LogP contribution is -2.27. The molecule has 2 N–H and O–H groups in total. The summed E-state index contributed by atoms with van der Waals surface area (Å²) >= 11 is 0. The lowest BCUT2D eigenvalue weighted by Gasteiger charge is -2.14. The van der Waals surface area contributed by atoms with Crippen LogP contribution in [0.25, 0.3) is 10.9 Å². The lowest BCUT2D eigenvalue weighted by atomic mass is 10.0. The van der Waals surface area contributed by atoms with Gasteiger partial charge in [-0.3, -0.25) is 4.79 Å². The van der Waals surface area contributed by atoms with Crippen molar-refractivity contribution in [3.05, 3.63) is 46.2 Å². The minimum atomic E-state index is 0.0347. The molecule has 0 bridgehead atoms. The fraction of sp³-hybridized carbons (Fsp3) is 0.471. The minimum absolute atomic E-state index is 0.0347. The summed E-state index contributed by atoms with van der Waals surface area (Å²) < 4.78 is 0. The summed E-state index contributed by atoms with van der Waals surface area (Å²) in [5, 5.41) is 4.62. The zero-order valence-electron chi connectivity index (χ0n) is 11.6. The Morgan fingerprint density at radius 1 is 1.25 bits per heavy atom. The molecule has 104 valence electrons. The number of rotatable bonds is 5. The van der Waals surface area contributed by atoms with Gasteiger partial charge in [-0.1, -0.05) is 18.2 Å². The molecule has 0 unspecified atom stereocenters. The first-order chi connectivity index (χ1) is 9.77. The van der Waals surface area contributed by atoms with Gasteiger partial charge in [-0.2, -0.15) is 0 Å². The number of aromatic amines is 1.